The van der Waals surface area contributed by atoms with Gasteiger partial charge in [0.05, 0.1) is 14.2 Å². The normalized spacial score (nSPS) is 10.4. The van der Waals surface area contributed by atoms with Crippen LogP contribution in [0.25, 0.3) is 0 Å². The number of hydrogen-bond donors (Lipinski definition) is 1. The standard InChI is InChI=1S/C14H19N3O2S/c1-17-6-5-14(16-17)15-9-10-7-11(18-2)12(19-3)8-13(10)20-4/h5-8H,9H2,1-4H3,(H,15,16). The lowest BCUT2D eigenvalue weighted by atomic mass is 10.2. The van der Waals surface area contributed by atoms with Gasteiger partial charge in [0.25, 0.3) is 0 Å². The number of nitrogens with zero attached hydrogens (tertiary/aromatic N) is 2. The first-order valence-corrected chi connectivity index (χ1v) is 7.42. The van der Waals surface area contributed by atoms with Crippen molar-refractivity contribution in [1.82, 2.24) is 9.78 Å². The van der Waals surface area contributed by atoms with Gasteiger partial charge in [-0.15, -0.1) is 11.8 Å². The summed E-state index contributed by atoms with van der Waals surface area (Å²) in [7, 11) is 5.19. The fraction of sp³-hybridized carbons (Fsp3) is 0.357. The Labute approximate surface area is 123 Å². The number of methoxy groups -OCH3 is 2. The molecule has 0 saturated heterocycles. The molecule has 0 saturated carbocycles. The van der Waals surface area contributed by atoms with E-state index in [1.807, 2.05) is 37.7 Å². The summed E-state index contributed by atoms with van der Waals surface area (Å²) < 4.78 is 12.4. The lowest BCUT2D eigenvalue weighted by Crippen LogP contribution is -2.03. The van der Waals surface area contributed by atoms with Gasteiger partial charge in [-0.1, -0.05) is 0 Å². The number of anilines is 1. The maximum atomic E-state index is 5.35. The molecule has 6 heteroatoms. The van der Waals surface area contributed by atoms with Crippen molar-refractivity contribution in [2.45, 2.75) is 11.4 Å². The average molecular weight is 293 g/mol. The molecule has 2 rings (SSSR count). The molecule has 0 atom stereocenters. The van der Waals surface area contributed by atoms with E-state index < -0.39 is 0 Å². The summed E-state index contributed by atoms with van der Waals surface area (Å²) in [6.45, 7) is 0.688. The van der Waals surface area contributed by atoms with Crippen molar-refractivity contribution < 1.29 is 9.47 Å². The van der Waals surface area contributed by atoms with Crippen LogP contribution < -0.4 is 14.8 Å². The van der Waals surface area contributed by atoms with Crippen molar-refractivity contribution in [3.63, 3.8) is 0 Å². The minimum absolute atomic E-state index is 0.688. The molecular formula is C14H19N3O2S. The Hall–Kier alpha value is -1.82. The number of benzene rings is 1. The van der Waals surface area contributed by atoms with Crippen LogP contribution in [-0.2, 0) is 13.6 Å². The molecule has 0 radical (unpaired) electrons. The summed E-state index contributed by atoms with van der Waals surface area (Å²) in [5.74, 6) is 2.34. The molecular weight excluding hydrogens is 274 g/mol. The first-order chi connectivity index (χ1) is 9.67. The van der Waals surface area contributed by atoms with Crippen LogP contribution in [0.15, 0.2) is 29.3 Å². The van der Waals surface area contributed by atoms with Crippen LogP contribution >= 0.6 is 11.8 Å². The van der Waals surface area contributed by atoms with E-state index in [9.17, 15) is 0 Å². The van der Waals surface area contributed by atoms with E-state index in [0.29, 0.717) is 6.54 Å². The van der Waals surface area contributed by atoms with E-state index in [1.165, 1.54) is 0 Å². The van der Waals surface area contributed by atoms with E-state index in [1.54, 1.807) is 30.7 Å². The number of thioether (sulfide) groups is 1. The molecule has 1 N–H and O–H groups in total. The molecule has 0 amide bonds. The second-order valence-electron chi connectivity index (χ2n) is 4.25. The lowest BCUT2D eigenvalue weighted by Gasteiger charge is -2.14. The number of aryl methyl sites for hydroxylation is 1. The minimum Gasteiger partial charge on any atom is -0.493 e. The summed E-state index contributed by atoms with van der Waals surface area (Å²) in [5.41, 5.74) is 1.15. The third-order valence-corrected chi connectivity index (χ3v) is 3.78. The van der Waals surface area contributed by atoms with Crippen molar-refractivity contribution in [1.29, 1.82) is 0 Å². The smallest absolute Gasteiger partial charge is 0.161 e. The molecule has 108 valence electrons. The minimum atomic E-state index is 0.688. The summed E-state index contributed by atoms with van der Waals surface area (Å²) in [5, 5.41) is 7.60. The highest BCUT2D eigenvalue weighted by molar-refractivity contribution is 7.98. The van der Waals surface area contributed by atoms with E-state index in [2.05, 4.69) is 10.4 Å². The van der Waals surface area contributed by atoms with Crippen LogP contribution in [0.3, 0.4) is 0 Å². The molecule has 0 bridgehead atoms. The third kappa shape index (κ3) is 3.19. The second-order valence-corrected chi connectivity index (χ2v) is 5.10. The predicted molar refractivity (Wildman–Crippen MR) is 81.9 cm³/mol. The zero-order chi connectivity index (χ0) is 14.5. The first-order valence-electron chi connectivity index (χ1n) is 6.20. The molecule has 1 aromatic heterocycles. The highest BCUT2D eigenvalue weighted by atomic mass is 32.2. The molecule has 20 heavy (non-hydrogen) atoms. The molecule has 1 heterocycles. The first kappa shape index (κ1) is 14.6. The highest BCUT2D eigenvalue weighted by Gasteiger charge is 2.10. The van der Waals surface area contributed by atoms with Crippen molar-refractivity contribution >= 4 is 17.6 Å². The molecule has 0 fully saturated rings. The Bertz CT molecular complexity index is 584. The van der Waals surface area contributed by atoms with Crippen molar-refractivity contribution in [3.05, 3.63) is 30.0 Å². The summed E-state index contributed by atoms with van der Waals surface area (Å²) in [6, 6.07) is 5.94. The maximum Gasteiger partial charge on any atom is 0.161 e. The Morgan fingerprint density at radius 3 is 2.50 bits per heavy atom. The zero-order valence-electron chi connectivity index (χ0n) is 12.1. The van der Waals surface area contributed by atoms with Crippen molar-refractivity contribution in [2.24, 2.45) is 7.05 Å². The van der Waals surface area contributed by atoms with Gasteiger partial charge < -0.3 is 14.8 Å². The fourth-order valence-electron chi connectivity index (χ4n) is 1.93. The topological polar surface area (TPSA) is 48.3 Å². The third-order valence-electron chi connectivity index (χ3n) is 2.96. The SMILES string of the molecule is COc1cc(CNc2ccn(C)n2)c(SC)cc1OC. The maximum absolute atomic E-state index is 5.35. The van der Waals surface area contributed by atoms with Gasteiger partial charge in [-0.2, -0.15) is 5.10 Å². The highest BCUT2D eigenvalue weighted by Crippen LogP contribution is 2.34. The fourth-order valence-corrected chi connectivity index (χ4v) is 2.54. The van der Waals surface area contributed by atoms with Gasteiger partial charge in [-0.05, 0) is 24.0 Å². The van der Waals surface area contributed by atoms with E-state index >= 15 is 0 Å². The monoisotopic (exact) mass is 293 g/mol. The Kier molecular flexibility index (Phi) is 4.79. The van der Waals surface area contributed by atoms with Crippen LogP contribution in [0.1, 0.15) is 5.56 Å². The molecule has 0 unspecified atom stereocenters. The summed E-state index contributed by atoms with van der Waals surface area (Å²) >= 11 is 1.68. The Morgan fingerprint density at radius 1 is 1.25 bits per heavy atom. The van der Waals surface area contributed by atoms with Gasteiger partial charge in [0.2, 0.25) is 0 Å². The second kappa shape index (κ2) is 6.56. The number of rotatable bonds is 6. The quantitative estimate of drug-likeness (QED) is 0.830. The molecule has 0 aliphatic heterocycles. The van der Waals surface area contributed by atoms with Gasteiger partial charge in [-0.25, -0.2) is 0 Å². The van der Waals surface area contributed by atoms with Crippen LogP contribution in [0.2, 0.25) is 0 Å². The molecule has 5 nitrogen and oxygen atoms in total. The average Bonchev–Trinajstić information content (AvgIpc) is 2.89. The summed E-state index contributed by atoms with van der Waals surface area (Å²) in [4.78, 5) is 1.16. The number of aromatic nitrogens is 2. The van der Waals surface area contributed by atoms with E-state index in [0.717, 1.165) is 27.8 Å². The van der Waals surface area contributed by atoms with Gasteiger partial charge in [0.15, 0.2) is 11.5 Å². The molecule has 0 spiro atoms. The molecule has 0 aliphatic carbocycles. The number of hydrogen-bond acceptors (Lipinski definition) is 5. The van der Waals surface area contributed by atoms with E-state index in [-0.39, 0.29) is 0 Å². The van der Waals surface area contributed by atoms with Crippen molar-refractivity contribution in [3.8, 4) is 11.5 Å². The van der Waals surface area contributed by atoms with Gasteiger partial charge in [0.1, 0.15) is 5.82 Å². The Balaban J connectivity index is 2.21. The molecule has 1 aromatic carbocycles. The summed E-state index contributed by atoms with van der Waals surface area (Å²) in [6.07, 6.45) is 3.96. The Morgan fingerprint density at radius 2 is 1.95 bits per heavy atom. The van der Waals surface area contributed by atoms with E-state index in [4.69, 9.17) is 9.47 Å². The van der Waals surface area contributed by atoms with Crippen LogP contribution in [0.5, 0.6) is 11.5 Å². The number of ether oxygens (including phenoxy) is 2. The van der Waals surface area contributed by atoms with Crippen LogP contribution in [0, 0.1) is 0 Å². The number of nitrogens with one attached hydrogen (secondary N) is 1. The van der Waals surface area contributed by atoms with Gasteiger partial charge in [-0.3, -0.25) is 4.68 Å². The molecule has 0 aliphatic rings. The van der Waals surface area contributed by atoms with Crippen molar-refractivity contribution in [2.75, 3.05) is 25.8 Å². The zero-order valence-corrected chi connectivity index (χ0v) is 13.0. The van der Waals surface area contributed by atoms with Gasteiger partial charge >= 0.3 is 0 Å². The van der Waals surface area contributed by atoms with Crippen LogP contribution in [0.4, 0.5) is 5.82 Å². The lowest BCUT2D eigenvalue weighted by molar-refractivity contribution is 0.353. The molecule has 2 aromatic rings. The predicted octanol–water partition coefficient (Wildman–Crippen LogP) is 2.77. The van der Waals surface area contributed by atoms with Gasteiger partial charge in [0, 0.05) is 30.8 Å². The largest absolute Gasteiger partial charge is 0.493 e. The van der Waals surface area contributed by atoms with Crippen LogP contribution in [-0.4, -0.2) is 30.3 Å².